The van der Waals surface area contributed by atoms with Gasteiger partial charge >= 0.3 is 0 Å². The van der Waals surface area contributed by atoms with Crippen molar-refractivity contribution < 1.29 is 4.74 Å². The van der Waals surface area contributed by atoms with Gasteiger partial charge in [0, 0.05) is 29.6 Å². The van der Waals surface area contributed by atoms with Crippen LogP contribution in [-0.2, 0) is 13.0 Å². The molecule has 0 aliphatic carbocycles. The predicted octanol–water partition coefficient (Wildman–Crippen LogP) is 3.78. The Bertz CT molecular complexity index is 1130. The molecule has 0 N–H and O–H groups in total. The number of methoxy groups -OCH3 is 1. The first-order valence-electron chi connectivity index (χ1n) is 9.18. The first kappa shape index (κ1) is 16.6. The van der Waals surface area contributed by atoms with Gasteiger partial charge in [0.25, 0.3) is 0 Å². The number of hydrogen-bond donors (Lipinski definition) is 0. The minimum atomic E-state index is 0.561. The van der Waals surface area contributed by atoms with Gasteiger partial charge in [-0.15, -0.1) is 16.4 Å². The Morgan fingerprint density at radius 3 is 2.74 bits per heavy atom. The van der Waals surface area contributed by atoms with E-state index in [0.717, 1.165) is 41.3 Å². The summed E-state index contributed by atoms with van der Waals surface area (Å²) >= 11 is 1.80. The van der Waals surface area contributed by atoms with Crippen LogP contribution in [-0.4, -0.2) is 44.2 Å². The lowest BCUT2D eigenvalue weighted by molar-refractivity contribution is 0.206. The van der Waals surface area contributed by atoms with Gasteiger partial charge in [-0.05, 0) is 50.1 Å². The van der Waals surface area contributed by atoms with E-state index in [1.807, 2.05) is 28.8 Å². The predicted molar refractivity (Wildman–Crippen MR) is 107 cm³/mol. The van der Waals surface area contributed by atoms with Gasteiger partial charge in [0.2, 0.25) is 0 Å². The molecule has 1 aromatic carbocycles. The maximum Gasteiger partial charge on any atom is 0.182 e. The summed E-state index contributed by atoms with van der Waals surface area (Å²) in [5.74, 6) is 1.54. The van der Waals surface area contributed by atoms with Crippen molar-refractivity contribution in [2.24, 2.45) is 0 Å². The monoisotopic (exact) mass is 379 g/mol. The molecule has 5 rings (SSSR count). The molecule has 4 heterocycles. The van der Waals surface area contributed by atoms with E-state index in [0.29, 0.717) is 11.9 Å². The molecule has 0 spiro atoms. The molecule has 3 aromatic heterocycles. The molecule has 1 aliphatic rings. The Morgan fingerprint density at radius 1 is 1.19 bits per heavy atom. The lowest BCUT2D eigenvalue weighted by Crippen LogP contribution is -2.35. The topological polar surface area (TPSA) is 55.6 Å². The smallest absolute Gasteiger partial charge is 0.182 e. The molecule has 0 radical (unpaired) electrons. The van der Waals surface area contributed by atoms with Crippen LogP contribution >= 0.6 is 11.3 Å². The average Bonchev–Trinajstić information content (AvgIpc) is 3.28. The van der Waals surface area contributed by atoms with Gasteiger partial charge in [0.05, 0.1) is 12.5 Å². The molecule has 6 nitrogen and oxygen atoms in total. The molecule has 1 aliphatic heterocycles. The quantitative estimate of drug-likeness (QED) is 0.542. The molecule has 0 amide bonds. The number of thiophene rings is 1. The Hall–Kier alpha value is -2.51. The van der Waals surface area contributed by atoms with Crippen molar-refractivity contribution in [1.82, 2.24) is 24.5 Å². The molecule has 4 aromatic rings. The molecular weight excluding hydrogens is 358 g/mol. The van der Waals surface area contributed by atoms with Gasteiger partial charge < -0.3 is 4.74 Å². The van der Waals surface area contributed by atoms with Gasteiger partial charge in [-0.1, -0.05) is 0 Å². The Morgan fingerprint density at radius 2 is 2.00 bits per heavy atom. The maximum absolute atomic E-state index is 5.24. The van der Waals surface area contributed by atoms with Crippen LogP contribution in [0.4, 0.5) is 0 Å². The number of hydrogen-bond acceptors (Lipinski definition) is 6. The minimum Gasteiger partial charge on any atom is -0.497 e. The van der Waals surface area contributed by atoms with Gasteiger partial charge in [-0.25, -0.2) is 14.5 Å². The van der Waals surface area contributed by atoms with Crippen LogP contribution in [0.3, 0.4) is 0 Å². The summed E-state index contributed by atoms with van der Waals surface area (Å²) in [5.41, 5.74) is 3.28. The van der Waals surface area contributed by atoms with Crippen molar-refractivity contribution in [3.63, 3.8) is 0 Å². The summed E-state index contributed by atoms with van der Waals surface area (Å²) in [4.78, 5) is 14.5. The SMILES string of the molecule is COc1ccc(-c2nc3c4c5c(sc4ncn3n2)CN(C(C)C)CC5)cc1. The highest BCUT2D eigenvalue weighted by molar-refractivity contribution is 7.19. The maximum atomic E-state index is 5.24. The van der Waals surface area contributed by atoms with Crippen molar-refractivity contribution in [2.45, 2.75) is 32.9 Å². The van der Waals surface area contributed by atoms with Gasteiger partial charge in [-0.2, -0.15) is 0 Å². The molecule has 0 saturated heterocycles. The zero-order valence-corrected chi connectivity index (χ0v) is 16.5. The molecule has 7 heteroatoms. The third-order valence-electron chi connectivity index (χ3n) is 5.29. The number of fused-ring (bicyclic) bond motifs is 5. The third kappa shape index (κ3) is 2.69. The molecule has 0 atom stereocenters. The van der Waals surface area contributed by atoms with Crippen molar-refractivity contribution >= 4 is 27.2 Å². The lowest BCUT2D eigenvalue weighted by atomic mass is 10.0. The number of rotatable bonds is 3. The van der Waals surface area contributed by atoms with E-state index in [1.54, 1.807) is 24.8 Å². The molecule has 138 valence electrons. The van der Waals surface area contributed by atoms with Gasteiger partial charge in [-0.3, -0.25) is 4.90 Å². The van der Waals surface area contributed by atoms with Gasteiger partial charge in [0.1, 0.15) is 16.9 Å². The van der Waals surface area contributed by atoms with Crippen LogP contribution in [0.15, 0.2) is 30.6 Å². The summed E-state index contributed by atoms with van der Waals surface area (Å²) in [6, 6.07) is 8.40. The zero-order valence-electron chi connectivity index (χ0n) is 15.6. The summed E-state index contributed by atoms with van der Waals surface area (Å²) < 4.78 is 7.05. The first-order chi connectivity index (χ1) is 13.1. The van der Waals surface area contributed by atoms with Crippen molar-refractivity contribution in [3.05, 3.63) is 41.0 Å². The van der Waals surface area contributed by atoms with E-state index < -0.39 is 0 Å². The Kier molecular flexibility index (Phi) is 3.87. The van der Waals surface area contributed by atoms with E-state index in [1.165, 1.54) is 15.8 Å². The second-order valence-electron chi connectivity index (χ2n) is 7.17. The number of benzene rings is 1. The molecule has 0 saturated carbocycles. The van der Waals surface area contributed by atoms with E-state index in [-0.39, 0.29) is 0 Å². The molecular formula is C20H21N5OS. The van der Waals surface area contributed by atoms with E-state index in [2.05, 4.69) is 28.8 Å². The van der Waals surface area contributed by atoms with Crippen molar-refractivity contribution in [3.8, 4) is 17.1 Å². The number of aromatic nitrogens is 4. The van der Waals surface area contributed by atoms with E-state index in [4.69, 9.17) is 9.72 Å². The van der Waals surface area contributed by atoms with Crippen molar-refractivity contribution in [1.29, 1.82) is 0 Å². The zero-order chi connectivity index (χ0) is 18.5. The largest absolute Gasteiger partial charge is 0.497 e. The second kappa shape index (κ2) is 6.28. The van der Waals surface area contributed by atoms with E-state index in [9.17, 15) is 0 Å². The standard InChI is InChI=1S/C20H21N5OS/c1-12(2)24-9-8-15-16(10-24)27-20-17(15)19-22-18(23-25(19)11-21-20)13-4-6-14(26-3)7-5-13/h4-7,11-12H,8-10H2,1-3H3. The van der Waals surface area contributed by atoms with Crippen LogP contribution in [0, 0.1) is 0 Å². The lowest BCUT2D eigenvalue weighted by Gasteiger charge is -2.30. The van der Waals surface area contributed by atoms with Crippen LogP contribution in [0.1, 0.15) is 24.3 Å². The fourth-order valence-electron chi connectivity index (χ4n) is 3.71. The van der Waals surface area contributed by atoms with Crippen LogP contribution in [0.5, 0.6) is 5.75 Å². The number of ether oxygens (including phenoxy) is 1. The summed E-state index contributed by atoms with van der Waals surface area (Å²) in [6.07, 6.45) is 2.82. The minimum absolute atomic E-state index is 0.561. The highest BCUT2D eigenvalue weighted by atomic mass is 32.1. The first-order valence-corrected chi connectivity index (χ1v) is 10.00. The Balaban J connectivity index is 1.63. The van der Waals surface area contributed by atoms with Crippen molar-refractivity contribution in [2.75, 3.05) is 13.7 Å². The number of nitrogens with zero attached hydrogens (tertiary/aromatic N) is 5. The molecule has 27 heavy (non-hydrogen) atoms. The molecule has 0 bridgehead atoms. The molecule has 0 unspecified atom stereocenters. The fraction of sp³-hybridized carbons (Fsp3) is 0.350. The summed E-state index contributed by atoms with van der Waals surface area (Å²) in [5, 5.41) is 5.83. The fourth-order valence-corrected chi connectivity index (χ4v) is 4.92. The third-order valence-corrected chi connectivity index (χ3v) is 6.41. The van der Waals surface area contributed by atoms with E-state index >= 15 is 0 Å². The average molecular weight is 379 g/mol. The van der Waals surface area contributed by atoms with Crippen LogP contribution < -0.4 is 4.74 Å². The molecule has 0 fully saturated rings. The second-order valence-corrected chi connectivity index (χ2v) is 8.26. The Labute approximate surface area is 161 Å². The normalized spacial score (nSPS) is 15.0. The highest BCUT2D eigenvalue weighted by Gasteiger charge is 2.25. The summed E-state index contributed by atoms with van der Waals surface area (Å²) in [7, 11) is 1.67. The van der Waals surface area contributed by atoms with Crippen LogP contribution in [0.2, 0.25) is 0 Å². The van der Waals surface area contributed by atoms with Gasteiger partial charge in [0.15, 0.2) is 11.5 Å². The highest BCUT2D eigenvalue weighted by Crippen LogP contribution is 2.36. The summed E-state index contributed by atoms with van der Waals surface area (Å²) in [6.45, 7) is 6.60. The van der Waals surface area contributed by atoms with Crippen LogP contribution in [0.25, 0.3) is 27.3 Å².